The first-order chi connectivity index (χ1) is 24.6. The molecule has 6 aromatic carbocycles. The molecule has 0 spiro atoms. The maximum Gasteiger partial charge on any atom is 0.145 e. The number of aryl methyl sites for hydroxylation is 2. The summed E-state index contributed by atoms with van der Waals surface area (Å²) in [5, 5.41) is 0. The normalized spacial score (nSPS) is 11.8. The van der Waals surface area contributed by atoms with Crippen LogP contribution in [0.4, 0.5) is 0 Å². The van der Waals surface area contributed by atoms with Crippen molar-refractivity contribution < 1.29 is 0 Å². The SMILES string of the molecule is Cc1ccc(-c2nc3cc(-n4c(-c5ccc(-c6nc7ccccc7n6-c6ccc7nc(C)[nH]c7c6)cc5)nc5ccccc54)ccc3[nH]2)cc1. The van der Waals surface area contributed by atoms with E-state index < -0.39 is 0 Å². The van der Waals surface area contributed by atoms with E-state index in [9.17, 15) is 0 Å². The molecule has 8 nitrogen and oxygen atoms in total. The van der Waals surface area contributed by atoms with Gasteiger partial charge >= 0.3 is 0 Å². The first kappa shape index (κ1) is 28.2. The van der Waals surface area contributed by atoms with Crippen LogP contribution in [-0.2, 0) is 0 Å². The second-order valence-corrected chi connectivity index (χ2v) is 12.8. The number of para-hydroxylation sites is 4. The fraction of sp³-hybridized carbons (Fsp3) is 0.0476. The summed E-state index contributed by atoms with van der Waals surface area (Å²) in [5.74, 6) is 3.48. The molecule has 0 radical (unpaired) electrons. The van der Waals surface area contributed by atoms with Crippen molar-refractivity contribution in [2.24, 2.45) is 0 Å². The summed E-state index contributed by atoms with van der Waals surface area (Å²) in [6.07, 6.45) is 0. The largest absolute Gasteiger partial charge is 0.342 e. The number of nitrogens with one attached hydrogen (secondary N) is 2. The number of benzene rings is 6. The van der Waals surface area contributed by atoms with Crippen LogP contribution in [0, 0.1) is 13.8 Å². The van der Waals surface area contributed by atoms with Gasteiger partial charge in [0, 0.05) is 28.1 Å². The molecule has 4 aromatic heterocycles. The Balaban J connectivity index is 1.08. The van der Waals surface area contributed by atoms with E-state index >= 15 is 0 Å². The fourth-order valence-electron chi connectivity index (χ4n) is 6.98. The van der Waals surface area contributed by atoms with Crippen molar-refractivity contribution in [3.8, 4) is 45.5 Å². The van der Waals surface area contributed by atoms with Crippen molar-refractivity contribution >= 4 is 44.1 Å². The van der Waals surface area contributed by atoms with Crippen LogP contribution in [-0.4, -0.2) is 39.0 Å². The second kappa shape index (κ2) is 10.9. The highest BCUT2D eigenvalue weighted by atomic mass is 15.1. The number of imidazole rings is 4. The minimum atomic E-state index is 0.856. The summed E-state index contributed by atoms with van der Waals surface area (Å²) in [5.41, 5.74) is 14.1. The molecule has 0 aliphatic heterocycles. The van der Waals surface area contributed by atoms with Gasteiger partial charge in [-0.25, -0.2) is 19.9 Å². The Hall–Kier alpha value is -6.80. The highest BCUT2D eigenvalue weighted by Crippen LogP contribution is 2.34. The monoisotopic (exact) mass is 646 g/mol. The average molecular weight is 647 g/mol. The Bertz CT molecular complexity index is 2880. The van der Waals surface area contributed by atoms with Crippen molar-refractivity contribution in [3.63, 3.8) is 0 Å². The Morgan fingerprint density at radius 2 is 1.02 bits per heavy atom. The van der Waals surface area contributed by atoms with Crippen LogP contribution in [0.1, 0.15) is 11.4 Å². The minimum absolute atomic E-state index is 0.856. The zero-order valence-corrected chi connectivity index (χ0v) is 27.4. The molecular weight excluding hydrogens is 617 g/mol. The van der Waals surface area contributed by atoms with Gasteiger partial charge in [-0.05, 0) is 74.5 Å². The van der Waals surface area contributed by atoms with Crippen LogP contribution < -0.4 is 0 Å². The molecule has 10 rings (SSSR count). The maximum absolute atomic E-state index is 5.14. The second-order valence-electron chi connectivity index (χ2n) is 12.8. The minimum Gasteiger partial charge on any atom is -0.342 e. The lowest BCUT2D eigenvalue weighted by molar-refractivity contribution is 1.10. The number of hydrogen-bond donors (Lipinski definition) is 2. The molecule has 50 heavy (non-hydrogen) atoms. The lowest BCUT2D eigenvalue weighted by Gasteiger charge is -2.12. The van der Waals surface area contributed by atoms with Gasteiger partial charge in [0.05, 0.1) is 44.1 Å². The van der Waals surface area contributed by atoms with Crippen LogP contribution in [0.25, 0.3) is 89.7 Å². The van der Waals surface area contributed by atoms with E-state index in [4.69, 9.17) is 15.0 Å². The Kier molecular flexibility index (Phi) is 6.13. The Labute approximate surface area is 286 Å². The fourth-order valence-corrected chi connectivity index (χ4v) is 6.98. The first-order valence-corrected chi connectivity index (χ1v) is 16.7. The molecule has 0 aliphatic rings. The highest BCUT2D eigenvalue weighted by Gasteiger charge is 2.18. The van der Waals surface area contributed by atoms with E-state index in [1.54, 1.807) is 0 Å². The van der Waals surface area contributed by atoms with Crippen molar-refractivity contribution in [1.29, 1.82) is 0 Å². The van der Waals surface area contributed by atoms with Crippen molar-refractivity contribution in [2.45, 2.75) is 13.8 Å². The van der Waals surface area contributed by atoms with E-state index in [1.165, 1.54) is 5.56 Å². The third-order valence-corrected chi connectivity index (χ3v) is 9.41. The van der Waals surface area contributed by atoms with E-state index in [-0.39, 0.29) is 0 Å². The Morgan fingerprint density at radius 1 is 0.440 bits per heavy atom. The summed E-state index contributed by atoms with van der Waals surface area (Å²) < 4.78 is 4.44. The number of H-pyrrole nitrogens is 2. The molecule has 4 heterocycles. The molecule has 238 valence electrons. The molecular formula is C42H30N8. The van der Waals surface area contributed by atoms with Gasteiger partial charge in [-0.2, -0.15) is 0 Å². The van der Waals surface area contributed by atoms with Gasteiger partial charge in [-0.1, -0.05) is 78.4 Å². The van der Waals surface area contributed by atoms with E-state index in [2.05, 4.69) is 152 Å². The molecule has 2 N–H and O–H groups in total. The zero-order valence-electron chi connectivity index (χ0n) is 27.4. The number of rotatable bonds is 5. The number of hydrogen-bond acceptors (Lipinski definition) is 4. The van der Waals surface area contributed by atoms with E-state index in [1.807, 2.05) is 19.1 Å². The van der Waals surface area contributed by atoms with Crippen LogP contribution in [0.2, 0.25) is 0 Å². The maximum atomic E-state index is 5.14. The standard InChI is InChI=1S/C42H30N8/c1-25-11-13-27(14-12-25)40-45-33-22-20-31(24-37(33)46-40)50-39-10-6-4-8-35(39)48-42(50)29-17-15-28(16-18-29)41-47-34-7-3-5-9-38(34)49(41)30-19-21-32-36(23-30)44-26(2)43-32/h3-24H,1-2H3,(H,43,44)(H,45,46). The average Bonchev–Trinajstić information content (AvgIpc) is 3.93. The van der Waals surface area contributed by atoms with Gasteiger partial charge in [0.25, 0.3) is 0 Å². The summed E-state index contributed by atoms with van der Waals surface area (Å²) in [6, 6.07) is 46.2. The summed E-state index contributed by atoms with van der Waals surface area (Å²) in [6.45, 7) is 4.07. The molecule has 0 bridgehead atoms. The molecule has 0 fully saturated rings. The third-order valence-electron chi connectivity index (χ3n) is 9.41. The summed E-state index contributed by atoms with van der Waals surface area (Å²) >= 11 is 0. The van der Waals surface area contributed by atoms with Gasteiger partial charge in [0.2, 0.25) is 0 Å². The number of nitrogens with zero attached hydrogens (tertiary/aromatic N) is 6. The van der Waals surface area contributed by atoms with Gasteiger partial charge in [-0.15, -0.1) is 0 Å². The van der Waals surface area contributed by atoms with E-state index in [0.717, 1.165) is 95.5 Å². The molecule has 0 aliphatic carbocycles. The number of aromatic amines is 2. The summed E-state index contributed by atoms with van der Waals surface area (Å²) in [4.78, 5) is 26.7. The summed E-state index contributed by atoms with van der Waals surface area (Å²) in [7, 11) is 0. The third kappa shape index (κ3) is 4.53. The highest BCUT2D eigenvalue weighted by molar-refractivity contribution is 5.88. The predicted molar refractivity (Wildman–Crippen MR) is 201 cm³/mol. The lowest BCUT2D eigenvalue weighted by atomic mass is 10.1. The Morgan fingerprint density at radius 3 is 1.68 bits per heavy atom. The van der Waals surface area contributed by atoms with Crippen LogP contribution in [0.3, 0.4) is 0 Å². The van der Waals surface area contributed by atoms with Gasteiger partial charge < -0.3 is 9.97 Å². The molecule has 0 saturated carbocycles. The van der Waals surface area contributed by atoms with Crippen molar-refractivity contribution in [1.82, 2.24) is 39.0 Å². The molecule has 0 atom stereocenters. The van der Waals surface area contributed by atoms with Crippen molar-refractivity contribution in [3.05, 3.63) is 145 Å². The van der Waals surface area contributed by atoms with Gasteiger partial charge in [0.1, 0.15) is 23.3 Å². The smallest absolute Gasteiger partial charge is 0.145 e. The molecule has 0 unspecified atom stereocenters. The topological polar surface area (TPSA) is 93.0 Å². The molecule has 8 heteroatoms. The lowest BCUT2D eigenvalue weighted by Crippen LogP contribution is -1.99. The van der Waals surface area contributed by atoms with Gasteiger partial charge in [-0.3, -0.25) is 9.13 Å². The van der Waals surface area contributed by atoms with E-state index in [0.29, 0.717) is 0 Å². The molecule has 10 aromatic rings. The number of aromatic nitrogens is 8. The predicted octanol–water partition coefficient (Wildman–Crippen LogP) is 9.73. The van der Waals surface area contributed by atoms with Crippen LogP contribution in [0.15, 0.2) is 133 Å². The quantitative estimate of drug-likeness (QED) is 0.195. The van der Waals surface area contributed by atoms with Gasteiger partial charge in [0.15, 0.2) is 0 Å². The molecule has 0 amide bonds. The van der Waals surface area contributed by atoms with Crippen molar-refractivity contribution in [2.75, 3.05) is 0 Å². The van der Waals surface area contributed by atoms with Crippen LogP contribution >= 0.6 is 0 Å². The van der Waals surface area contributed by atoms with Crippen LogP contribution in [0.5, 0.6) is 0 Å². The molecule has 0 saturated heterocycles. The zero-order chi connectivity index (χ0) is 33.3. The number of fused-ring (bicyclic) bond motifs is 4. The first-order valence-electron chi connectivity index (χ1n) is 16.7.